The number of aliphatic hydroxyl groups is 1. The molecule has 0 atom stereocenters. The Morgan fingerprint density at radius 3 is 2.41 bits per heavy atom. The molecule has 0 saturated carbocycles. The summed E-state index contributed by atoms with van der Waals surface area (Å²) in [6, 6.07) is 0. The van der Waals surface area contributed by atoms with Gasteiger partial charge in [-0.2, -0.15) is 0 Å². The molecule has 2 N–H and O–H groups in total. The van der Waals surface area contributed by atoms with Crippen molar-refractivity contribution in [2.75, 3.05) is 75.7 Å². The van der Waals surface area contributed by atoms with Crippen LogP contribution in [0.1, 0.15) is 19.3 Å². The Morgan fingerprint density at radius 1 is 1.04 bits per heavy atom. The van der Waals surface area contributed by atoms with E-state index in [2.05, 4.69) is 25.1 Å². The zero-order valence-corrected chi connectivity index (χ0v) is 15.7. The molecular formula is C17H29N7O3. The second-order valence-corrected chi connectivity index (χ2v) is 7.03. The summed E-state index contributed by atoms with van der Waals surface area (Å²) in [5.74, 6) is 0.666. The van der Waals surface area contributed by atoms with Crippen molar-refractivity contribution >= 4 is 17.3 Å². The molecule has 0 amide bonds. The van der Waals surface area contributed by atoms with Gasteiger partial charge in [-0.1, -0.05) is 6.42 Å². The average Bonchev–Trinajstić information content (AvgIpc) is 2.69. The minimum absolute atomic E-state index is 0.0493. The maximum atomic E-state index is 11.7. The van der Waals surface area contributed by atoms with E-state index in [4.69, 9.17) is 5.11 Å². The first-order valence-electron chi connectivity index (χ1n) is 9.73. The number of anilines is 2. The van der Waals surface area contributed by atoms with E-state index in [-0.39, 0.29) is 12.3 Å². The molecule has 0 radical (unpaired) electrons. The van der Waals surface area contributed by atoms with Crippen LogP contribution in [0.3, 0.4) is 0 Å². The second kappa shape index (κ2) is 9.77. The largest absolute Gasteiger partial charge is 0.395 e. The molecule has 0 unspecified atom stereocenters. The lowest BCUT2D eigenvalue weighted by Crippen LogP contribution is -2.47. The van der Waals surface area contributed by atoms with E-state index in [9.17, 15) is 10.1 Å². The summed E-state index contributed by atoms with van der Waals surface area (Å²) >= 11 is 0. The zero-order valence-electron chi connectivity index (χ0n) is 15.7. The van der Waals surface area contributed by atoms with Gasteiger partial charge in [0, 0.05) is 45.8 Å². The Kier molecular flexibility index (Phi) is 7.13. The van der Waals surface area contributed by atoms with Gasteiger partial charge in [-0.05, 0) is 25.9 Å². The lowest BCUT2D eigenvalue weighted by Gasteiger charge is -2.34. The minimum Gasteiger partial charge on any atom is -0.395 e. The predicted octanol–water partition coefficient (Wildman–Crippen LogP) is 0.397. The number of nitrogens with zero attached hydrogens (tertiary/aromatic N) is 6. The maximum absolute atomic E-state index is 11.7. The smallest absolute Gasteiger partial charge is 0.353 e. The number of likely N-dealkylation sites (tertiary alicyclic amines) is 1. The monoisotopic (exact) mass is 379 g/mol. The SMILES string of the molecule is O=[N+]([O-])c1c(NCCN2CCCCC2)ncnc1N1CCN(CCO)CC1. The Balaban J connectivity index is 1.64. The molecule has 0 aromatic carbocycles. The van der Waals surface area contributed by atoms with Crippen LogP contribution in [0.2, 0.25) is 0 Å². The van der Waals surface area contributed by atoms with Crippen molar-refractivity contribution in [3.63, 3.8) is 0 Å². The quantitative estimate of drug-likeness (QED) is 0.489. The van der Waals surface area contributed by atoms with Crippen molar-refractivity contribution in [3.05, 3.63) is 16.4 Å². The number of nitrogens with one attached hydrogen (secondary N) is 1. The van der Waals surface area contributed by atoms with Crippen molar-refractivity contribution in [1.29, 1.82) is 0 Å². The van der Waals surface area contributed by atoms with Crippen molar-refractivity contribution in [2.24, 2.45) is 0 Å². The normalized spacial score (nSPS) is 19.2. The number of nitro groups is 1. The predicted molar refractivity (Wildman–Crippen MR) is 103 cm³/mol. The number of piperidine rings is 1. The summed E-state index contributed by atoms with van der Waals surface area (Å²) in [7, 11) is 0. The fourth-order valence-corrected chi connectivity index (χ4v) is 3.74. The van der Waals surface area contributed by atoms with E-state index in [0.29, 0.717) is 37.8 Å². The van der Waals surface area contributed by atoms with E-state index in [1.165, 1.54) is 25.6 Å². The number of β-amino-alcohol motifs (C(OH)–C–C–N with tert-alkyl or cyclic N) is 1. The molecule has 2 aliphatic rings. The van der Waals surface area contributed by atoms with Crippen molar-refractivity contribution in [3.8, 4) is 0 Å². The van der Waals surface area contributed by atoms with Gasteiger partial charge in [0.2, 0.25) is 11.6 Å². The summed E-state index contributed by atoms with van der Waals surface area (Å²) in [5.41, 5.74) is -0.0493. The van der Waals surface area contributed by atoms with Gasteiger partial charge in [0.25, 0.3) is 0 Å². The molecule has 0 spiro atoms. The van der Waals surface area contributed by atoms with Crippen LogP contribution in [0.4, 0.5) is 17.3 Å². The van der Waals surface area contributed by atoms with E-state index in [0.717, 1.165) is 32.7 Å². The Bertz CT molecular complexity index is 617. The summed E-state index contributed by atoms with van der Waals surface area (Å²) in [6.07, 6.45) is 5.13. The molecule has 2 saturated heterocycles. The third kappa shape index (κ3) is 5.24. The molecular weight excluding hydrogens is 350 g/mol. The number of aliphatic hydroxyl groups excluding tert-OH is 1. The van der Waals surface area contributed by atoms with Gasteiger partial charge in [-0.15, -0.1) is 0 Å². The Hall–Kier alpha value is -2.04. The summed E-state index contributed by atoms with van der Waals surface area (Å²) in [6.45, 7) is 7.21. The molecule has 150 valence electrons. The third-order valence-electron chi connectivity index (χ3n) is 5.24. The molecule has 10 nitrogen and oxygen atoms in total. The van der Waals surface area contributed by atoms with Gasteiger partial charge in [-0.3, -0.25) is 15.0 Å². The molecule has 27 heavy (non-hydrogen) atoms. The highest BCUT2D eigenvalue weighted by molar-refractivity contribution is 5.70. The van der Waals surface area contributed by atoms with Crippen LogP contribution in [0, 0.1) is 10.1 Å². The summed E-state index contributed by atoms with van der Waals surface area (Å²) in [4.78, 5) is 26.1. The minimum atomic E-state index is -0.390. The first-order valence-corrected chi connectivity index (χ1v) is 9.73. The third-order valence-corrected chi connectivity index (χ3v) is 5.24. The summed E-state index contributed by atoms with van der Waals surface area (Å²) in [5, 5.41) is 23.9. The number of piperazine rings is 1. The van der Waals surface area contributed by atoms with Gasteiger partial charge in [0.05, 0.1) is 11.5 Å². The Morgan fingerprint density at radius 2 is 1.74 bits per heavy atom. The molecule has 3 heterocycles. The lowest BCUT2D eigenvalue weighted by atomic mass is 10.1. The van der Waals surface area contributed by atoms with Crippen molar-refractivity contribution < 1.29 is 10.0 Å². The topological polar surface area (TPSA) is 111 Å². The van der Waals surface area contributed by atoms with Gasteiger partial charge in [0.15, 0.2) is 0 Å². The van der Waals surface area contributed by atoms with Gasteiger partial charge in [-0.25, -0.2) is 9.97 Å². The first-order chi connectivity index (χ1) is 13.2. The zero-order chi connectivity index (χ0) is 19.1. The van der Waals surface area contributed by atoms with Crippen LogP contribution < -0.4 is 10.2 Å². The van der Waals surface area contributed by atoms with Crippen LogP contribution in [-0.4, -0.2) is 95.3 Å². The van der Waals surface area contributed by atoms with Crippen LogP contribution >= 0.6 is 0 Å². The maximum Gasteiger partial charge on any atom is 0.353 e. The lowest BCUT2D eigenvalue weighted by molar-refractivity contribution is -0.383. The molecule has 1 aromatic heterocycles. The fourth-order valence-electron chi connectivity index (χ4n) is 3.74. The fraction of sp³-hybridized carbons (Fsp3) is 0.765. The van der Waals surface area contributed by atoms with Gasteiger partial charge in [0.1, 0.15) is 6.33 Å². The number of rotatable bonds is 8. The number of hydrogen-bond donors (Lipinski definition) is 2. The van der Waals surface area contributed by atoms with Crippen LogP contribution in [0.5, 0.6) is 0 Å². The first kappa shape index (κ1) is 19.7. The molecule has 10 heteroatoms. The second-order valence-electron chi connectivity index (χ2n) is 7.03. The highest BCUT2D eigenvalue weighted by Crippen LogP contribution is 2.32. The van der Waals surface area contributed by atoms with Crippen molar-refractivity contribution in [1.82, 2.24) is 19.8 Å². The van der Waals surface area contributed by atoms with Gasteiger partial charge < -0.3 is 20.2 Å². The molecule has 0 aliphatic carbocycles. The standard InChI is InChI=1S/C17H29N7O3/c25-13-12-22-8-10-23(11-9-22)17-15(24(26)27)16(19-14-20-17)18-4-7-21-5-2-1-3-6-21/h14,25H,1-13H2,(H,18,19,20). The Labute approximate surface area is 159 Å². The van der Waals surface area contributed by atoms with E-state index < -0.39 is 4.92 Å². The van der Waals surface area contributed by atoms with Crippen LogP contribution in [0.25, 0.3) is 0 Å². The molecule has 1 aromatic rings. The van der Waals surface area contributed by atoms with E-state index in [1.54, 1.807) is 0 Å². The highest BCUT2D eigenvalue weighted by atomic mass is 16.6. The molecule has 3 rings (SSSR count). The van der Waals surface area contributed by atoms with Crippen LogP contribution in [0.15, 0.2) is 6.33 Å². The summed E-state index contributed by atoms with van der Waals surface area (Å²) < 4.78 is 0. The van der Waals surface area contributed by atoms with E-state index in [1.807, 2.05) is 4.90 Å². The average molecular weight is 379 g/mol. The van der Waals surface area contributed by atoms with E-state index >= 15 is 0 Å². The molecule has 2 fully saturated rings. The number of hydrogen-bond acceptors (Lipinski definition) is 9. The highest BCUT2D eigenvalue weighted by Gasteiger charge is 2.29. The molecule has 0 bridgehead atoms. The van der Waals surface area contributed by atoms with Crippen LogP contribution in [-0.2, 0) is 0 Å². The molecule has 2 aliphatic heterocycles. The number of aromatic nitrogens is 2. The van der Waals surface area contributed by atoms with Crippen molar-refractivity contribution in [2.45, 2.75) is 19.3 Å². The van der Waals surface area contributed by atoms with Gasteiger partial charge >= 0.3 is 5.69 Å².